The summed E-state index contributed by atoms with van der Waals surface area (Å²) in [5.74, 6) is -0.787. The predicted octanol–water partition coefficient (Wildman–Crippen LogP) is 2.69. The molecule has 2 aromatic carbocycles. The number of carbonyl (C=O) groups excluding carboxylic acids is 3. The summed E-state index contributed by atoms with van der Waals surface area (Å²) in [6.45, 7) is 0.762. The largest absolute Gasteiger partial charge is 0.497 e. The number of aryl methyl sites for hydroxylation is 1. The van der Waals surface area contributed by atoms with Crippen molar-refractivity contribution in [2.24, 2.45) is 11.8 Å². The summed E-state index contributed by atoms with van der Waals surface area (Å²) >= 11 is 0. The van der Waals surface area contributed by atoms with Crippen LogP contribution >= 0.6 is 0 Å². The van der Waals surface area contributed by atoms with E-state index >= 15 is 0 Å². The lowest BCUT2D eigenvalue weighted by atomic mass is 9.77. The van der Waals surface area contributed by atoms with Crippen LogP contribution in [0.3, 0.4) is 0 Å². The standard InChI is InChI=1S/C27H27NO7/c1-32-19-8-3-17(4-9-19)7-12-22(29)34-20-10-5-18(6-11-20)15-28-16-27-14-13-21(35-27)23(26(31)33-2)24(27)25(28)30/h3-6,8-11,13-14,21,23-24H,7,12,15-16H2,1-2H3/t21-,23+,24-,27+/m1/s1. The molecular weight excluding hydrogens is 450 g/mol. The van der Waals surface area contributed by atoms with Crippen molar-refractivity contribution in [1.29, 1.82) is 0 Å². The van der Waals surface area contributed by atoms with Crippen molar-refractivity contribution < 1.29 is 33.3 Å². The fraction of sp³-hybridized carbons (Fsp3) is 0.370. The molecular formula is C27H27NO7. The number of ether oxygens (including phenoxy) is 4. The molecule has 182 valence electrons. The smallest absolute Gasteiger partial charge is 0.312 e. The van der Waals surface area contributed by atoms with E-state index in [0.717, 1.165) is 16.9 Å². The minimum absolute atomic E-state index is 0.110. The summed E-state index contributed by atoms with van der Waals surface area (Å²) in [6, 6.07) is 14.7. The number of amides is 1. The summed E-state index contributed by atoms with van der Waals surface area (Å²) in [4.78, 5) is 39.4. The lowest BCUT2D eigenvalue weighted by Gasteiger charge is -2.22. The third-order valence-electron chi connectivity index (χ3n) is 6.96. The van der Waals surface area contributed by atoms with Crippen LogP contribution in [-0.4, -0.2) is 55.2 Å². The quantitative estimate of drug-likeness (QED) is 0.328. The molecule has 35 heavy (non-hydrogen) atoms. The van der Waals surface area contributed by atoms with Crippen LogP contribution in [0.15, 0.2) is 60.7 Å². The van der Waals surface area contributed by atoms with E-state index in [2.05, 4.69) is 0 Å². The number of fused-ring (bicyclic) bond motifs is 1. The topological polar surface area (TPSA) is 91.4 Å². The molecule has 0 N–H and O–H groups in total. The minimum Gasteiger partial charge on any atom is -0.497 e. The summed E-state index contributed by atoms with van der Waals surface area (Å²) in [6.07, 6.45) is 4.19. The van der Waals surface area contributed by atoms with Gasteiger partial charge in [-0.1, -0.05) is 36.4 Å². The highest BCUT2D eigenvalue weighted by atomic mass is 16.5. The molecule has 2 saturated heterocycles. The molecule has 0 aromatic heterocycles. The van der Waals surface area contributed by atoms with Crippen LogP contribution in [0.25, 0.3) is 0 Å². The Labute approximate surface area is 203 Å². The lowest BCUT2D eigenvalue weighted by molar-refractivity contribution is -0.151. The Kier molecular flexibility index (Phi) is 6.06. The van der Waals surface area contributed by atoms with E-state index in [9.17, 15) is 14.4 Å². The first-order chi connectivity index (χ1) is 16.9. The average Bonchev–Trinajstić information content (AvgIpc) is 3.52. The van der Waals surface area contributed by atoms with E-state index in [1.54, 1.807) is 24.1 Å². The van der Waals surface area contributed by atoms with Crippen LogP contribution in [0.1, 0.15) is 17.5 Å². The number of rotatable bonds is 8. The first kappa shape index (κ1) is 23.1. The normalized spacial score (nSPS) is 26.1. The van der Waals surface area contributed by atoms with Crippen LogP contribution in [-0.2, 0) is 36.8 Å². The van der Waals surface area contributed by atoms with Gasteiger partial charge in [0.25, 0.3) is 0 Å². The number of esters is 2. The molecule has 3 aliphatic heterocycles. The summed E-state index contributed by atoms with van der Waals surface area (Å²) in [5, 5.41) is 0. The zero-order valence-corrected chi connectivity index (χ0v) is 19.6. The molecule has 1 amide bonds. The fourth-order valence-corrected chi connectivity index (χ4v) is 5.22. The van der Waals surface area contributed by atoms with Gasteiger partial charge in [0.1, 0.15) is 23.0 Å². The van der Waals surface area contributed by atoms with Crippen LogP contribution in [0.4, 0.5) is 0 Å². The number of carbonyl (C=O) groups is 3. The van der Waals surface area contributed by atoms with Gasteiger partial charge >= 0.3 is 11.9 Å². The number of likely N-dealkylation sites (tertiary alicyclic amines) is 1. The maximum atomic E-state index is 13.2. The SMILES string of the molecule is COC(=O)[C@H]1[C@H]2C=C[C@@]3(CN(Cc4ccc(OC(=O)CCc5ccc(OC)cc5)cc4)C(=O)[C@@H]13)O2. The third-order valence-corrected chi connectivity index (χ3v) is 6.96. The second-order valence-electron chi connectivity index (χ2n) is 9.08. The van der Waals surface area contributed by atoms with Gasteiger partial charge in [-0.15, -0.1) is 0 Å². The van der Waals surface area contributed by atoms with Crippen LogP contribution in [0, 0.1) is 11.8 Å². The van der Waals surface area contributed by atoms with Crippen molar-refractivity contribution in [3.8, 4) is 11.5 Å². The molecule has 3 heterocycles. The fourth-order valence-electron chi connectivity index (χ4n) is 5.22. The average molecular weight is 478 g/mol. The van der Waals surface area contributed by atoms with Gasteiger partial charge < -0.3 is 23.8 Å². The highest BCUT2D eigenvalue weighted by Crippen LogP contribution is 2.52. The molecule has 5 rings (SSSR count). The zero-order valence-electron chi connectivity index (χ0n) is 19.6. The Morgan fingerprint density at radius 3 is 2.40 bits per heavy atom. The number of benzene rings is 2. The number of methoxy groups -OCH3 is 2. The van der Waals surface area contributed by atoms with Crippen molar-refractivity contribution in [1.82, 2.24) is 4.90 Å². The predicted molar refractivity (Wildman–Crippen MR) is 125 cm³/mol. The van der Waals surface area contributed by atoms with E-state index in [1.807, 2.05) is 48.6 Å². The lowest BCUT2D eigenvalue weighted by Crippen LogP contribution is -2.39. The molecule has 2 fully saturated rings. The number of hydrogen-bond acceptors (Lipinski definition) is 7. The summed E-state index contributed by atoms with van der Waals surface area (Å²) in [7, 11) is 2.94. The second-order valence-corrected chi connectivity index (χ2v) is 9.08. The molecule has 0 unspecified atom stereocenters. The van der Waals surface area contributed by atoms with Gasteiger partial charge in [-0.25, -0.2) is 0 Å². The van der Waals surface area contributed by atoms with E-state index in [4.69, 9.17) is 18.9 Å². The maximum absolute atomic E-state index is 13.2. The van der Waals surface area contributed by atoms with Gasteiger partial charge in [-0.2, -0.15) is 0 Å². The number of nitrogens with zero attached hydrogens (tertiary/aromatic N) is 1. The van der Waals surface area contributed by atoms with Crippen molar-refractivity contribution >= 4 is 17.8 Å². The third kappa shape index (κ3) is 4.30. The first-order valence-electron chi connectivity index (χ1n) is 11.6. The van der Waals surface area contributed by atoms with Crippen molar-refractivity contribution in [2.45, 2.75) is 31.1 Å². The van der Waals surface area contributed by atoms with Crippen molar-refractivity contribution in [2.75, 3.05) is 20.8 Å². The van der Waals surface area contributed by atoms with E-state index < -0.39 is 29.5 Å². The molecule has 4 atom stereocenters. The van der Waals surface area contributed by atoms with E-state index in [0.29, 0.717) is 25.3 Å². The van der Waals surface area contributed by atoms with Crippen LogP contribution in [0.2, 0.25) is 0 Å². The van der Waals surface area contributed by atoms with Gasteiger partial charge in [-0.05, 0) is 41.8 Å². The van der Waals surface area contributed by atoms with Gasteiger partial charge in [0.15, 0.2) is 0 Å². The van der Waals surface area contributed by atoms with Gasteiger partial charge in [0, 0.05) is 13.0 Å². The summed E-state index contributed by atoms with van der Waals surface area (Å²) in [5.41, 5.74) is 1.15. The van der Waals surface area contributed by atoms with E-state index in [-0.39, 0.29) is 18.3 Å². The molecule has 3 aliphatic rings. The molecule has 8 nitrogen and oxygen atoms in total. The second kappa shape index (κ2) is 9.19. The van der Waals surface area contributed by atoms with Gasteiger partial charge in [-0.3, -0.25) is 14.4 Å². The molecule has 0 aliphatic carbocycles. The first-order valence-corrected chi connectivity index (χ1v) is 11.6. The Hall–Kier alpha value is -3.65. The highest BCUT2D eigenvalue weighted by molar-refractivity contribution is 5.91. The number of hydrogen-bond donors (Lipinski definition) is 0. The molecule has 8 heteroatoms. The summed E-state index contributed by atoms with van der Waals surface area (Å²) < 4.78 is 21.6. The van der Waals surface area contributed by atoms with E-state index in [1.165, 1.54) is 7.11 Å². The Bertz CT molecular complexity index is 1160. The van der Waals surface area contributed by atoms with Crippen molar-refractivity contribution in [3.05, 3.63) is 71.8 Å². The minimum atomic E-state index is -0.764. The maximum Gasteiger partial charge on any atom is 0.312 e. The zero-order chi connectivity index (χ0) is 24.6. The molecule has 0 radical (unpaired) electrons. The molecule has 0 saturated carbocycles. The van der Waals surface area contributed by atoms with Crippen LogP contribution in [0.5, 0.6) is 11.5 Å². The molecule has 2 aromatic rings. The Balaban J connectivity index is 1.16. The highest BCUT2D eigenvalue weighted by Gasteiger charge is 2.67. The van der Waals surface area contributed by atoms with Gasteiger partial charge in [0.2, 0.25) is 5.91 Å². The monoisotopic (exact) mass is 477 g/mol. The molecule has 2 bridgehead atoms. The Morgan fingerprint density at radius 1 is 1.03 bits per heavy atom. The van der Waals surface area contributed by atoms with Gasteiger partial charge in [0.05, 0.1) is 32.8 Å². The van der Waals surface area contributed by atoms with Crippen molar-refractivity contribution in [3.63, 3.8) is 0 Å². The Morgan fingerprint density at radius 2 is 1.71 bits per heavy atom. The van der Waals surface area contributed by atoms with Crippen LogP contribution < -0.4 is 9.47 Å². The molecule has 1 spiro atoms.